The van der Waals surface area contributed by atoms with Crippen molar-refractivity contribution in [2.24, 2.45) is 0 Å². The zero-order chi connectivity index (χ0) is 11.4. The Morgan fingerprint density at radius 3 is 1.43 bits per heavy atom. The molecule has 4 heteroatoms. The molecule has 3 nitrogen and oxygen atoms in total. The van der Waals surface area contributed by atoms with Gasteiger partial charge in [0, 0.05) is 0 Å². The van der Waals surface area contributed by atoms with Gasteiger partial charge in [-0.2, -0.15) is 0 Å². The summed E-state index contributed by atoms with van der Waals surface area (Å²) in [5.74, 6) is 0. The smallest absolute Gasteiger partial charge is 0.289 e. The minimum atomic E-state index is -1.74. The lowest BCUT2D eigenvalue weighted by atomic mass is 10.2. The molecule has 0 fully saturated rings. The quantitative estimate of drug-likeness (QED) is 0.684. The van der Waals surface area contributed by atoms with Gasteiger partial charge >= 0.3 is 0 Å². The summed E-state index contributed by atoms with van der Waals surface area (Å²) in [5, 5.41) is 0.280. The van der Waals surface area contributed by atoms with E-state index in [0.29, 0.717) is 0 Å². The molecule has 0 aromatic heterocycles. The SMILES string of the molecule is CCN(CC)[Si](NC)(NC)C(C)(C)C. The lowest BCUT2D eigenvalue weighted by Gasteiger charge is -2.48. The Morgan fingerprint density at radius 1 is 1.00 bits per heavy atom. The molecule has 0 amide bonds. The summed E-state index contributed by atoms with van der Waals surface area (Å²) < 4.78 is 2.55. The lowest BCUT2D eigenvalue weighted by molar-refractivity contribution is 0.403. The molecule has 0 aromatic carbocycles. The van der Waals surface area contributed by atoms with Crippen LogP contribution in [0.3, 0.4) is 0 Å². The van der Waals surface area contributed by atoms with Crippen molar-refractivity contribution in [2.45, 2.75) is 39.7 Å². The first kappa shape index (κ1) is 14.1. The standard InChI is InChI=1S/C10H27N3Si/c1-8-13(9-2)14(11-6,12-7)10(3,4)5/h11-12H,8-9H2,1-7H3. The van der Waals surface area contributed by atoms with Crippen LogP contribution in [0, 0.1) is 0 Å². The molecule has 0 aliphatic carbocycles. The van der Waals surface area contributed by atoms with Gasteiger partial charge in [-0.15, -0.1) is 0 Å². The van der Waals surface area contributed by atoms with Gasteiger partial charge < -0.3 is 9.96 Å². The van der Waals surface area contributed by atoms with Gasteiger partial charge in [-0.05, 0) is 32.2 Å². The summed E-state index contributed by atoms with van der Waals surface area (Å²) in [7, 11) is 2.41. The number of rotatable bonds is 5. The Balaban J connectivity index is 5.05. The normalized spacial score (nSPS) is 13.7. The molecule has 0 aliphatic heterocycles. The van der Waals surface area contributed by atoms with Crippen molar-refractivity contribution in [3.63, 3.8) is 0 Å². The zero-order valence-corrected chi connectivity index (χ0v) is 11.9. The van der Waals surface area contributed by atoms with Crippen molar-refractivity contribution in [1.82, 2.24) is 14.5 Å². The molecule has 0 radical (unpaired) electrons. The highest BCUT2D eigenvalue weighted by Gasteiger charge is 2.47. The molecular formula is C10H27N3Si. The van der Waals surface area contributed by atoms with E-state index in [-0.39, 0.29) is 5.04 Å². The second kappa shape index (κ2) is 5.26. The third kappa shape index (κ3) is 2.37. The molecule has 0 atom stereocenters. The maximum atomic E-state index is 3.56. The molecule has 2 N–H and O–H groups in total. The highest BCUT2D eigenvalue weighted by molar-refractivity contribution is 6.75. The first-order chi connectivity index (χ1) is 6.39. The second-order valence-electron chi connectivity index (χ2n) is 4.63. The third-order valence-electron chi connectivity index (χ3n) is 3.05. The van der Waals surface area contributed by atoms with E-state index in [9.17, 15) is 0 Å². The Labute approximate surface area is 90.5 Å². The summed E-state index contributed by atoms with van der Waals surface area (Å²) in [6.07, 6.45) is 0. The maximum Gasteiger partial charge on any atom is 0.289 e. The fraction of sp³-hybridized carbons (Fsp3) is 1.00. The molecule has 14 heavy (non-hydrogen) atoms. The Bertz CT molecular complexity index is 157. The van der Waals surface area contributed by atoms with Crippen LogP contribution in [0.2, 0.25) is 5.04 Å². The fourth-order valence-corrected chi connectivity index (χ4v) is 6.64. The van der Waals surface area contributed by atoms with Gasteiger partial charge in [0.15, 0.2) is 0 Å². The van der Waals surface area contributed by atoms with Gasteiger partial charge in [0.1, 0.15) is 0 Å². The predicted molar refractivity (Wildman–Crippen MR) is 66.5 cm³/mol. The number of nitrogens with zero attached hydrogens (tertiary/aromatic N) is 1. The van der Waals surface area contributed by atoms with E-state index in [2.05, 4.69) is 63.2 Å². The molecule has 0 rings (SSSR count). The monoisotopic (exact) mass is 217 g/mol. The zero-order valence-electron chi connectivity index (χ0n) is 10.9. The van der Waals surface area contributed by atoms with Crippen LogP contribution in [0.15, 0.2) is 0 Å². The van der Waals surface area contributed by atoms with Crippen molar-refractivity contribution >= 4 is 8.56 Å². The average molecular weight is 217 g/mol. The topological polar surface area (TPSA) is 27.3 Å². The van der Waals surface area contributed by atoms with E-state index < -0.39 is 8.56 Å². The molecule has 0 saturated heterocycles. The van der Waals surface area contributed by atoms with Crippen LogP contribution in [-0.2, 0) is 0 Å². The van der Waals surface area contributed by atoms with Gasteiger partial charge in [0.25, 0.3) is 8.56 Å². The molecule has 0 aliphatic rings. The van der Waals surface area contributed by atoms with Crippen LogP contribution < -0.4 is 9.96 Å². The van der Waals surface area contributed by atoms with Crippen LogP contribution in [0.1, 0.15) is 34.6 Å². The van der Waals surface area contributed by atoms with Crippen molar-refractivity contribution < 1.29 is 0 Å². The van der Waals surface area contributed by atoms with Crippen LogP contribution in [0.25, 0.3) is 0 Å². The van der Waals surface area contributed by atoms with Crippen molar-refractivity contribution in [3.05, 3.63) is 0 Å². The van der Waals surface area contributed by atoms with E-state index in [1.54, 1.807) is 0 Å². The average Bonchev–Trinajstić information content (AvgIpc) is 2.12. The van der Waals surface area contributed by atoms with Crippen molar-refractivity contribution in [2.75, 3.05) is 27.2 Å². The van der Waals surface area contributed by atoms with E-state index in [1.807, 2.05) is 0 Å². The predicted octanol–water partition coefficient (Wildman–Crippen LogP) is 1.51. The molecule has 0 saturated carbocycles. The van der Waals surface area contributed by atoms with E-state index >= 15 is 0 Å². The lowest BCUT2D eigenvalue weighted by Crippen LogP contribution is -2.76. The molecular weight excluding hydrogens is 190 g/mol. The molecule has 0 spiro atoms. The van der Waals surface area contributed by atoms with Gasteiger partial charge in [-0.3, -0.25) is 4.57 Å². The molecule has 0 bridgehead atoms. The Hall–Kier alpha value is 0.0969. The van der Waals surface area contributed by atoms with Crippen molar-refractivity contribution in [3.8, 4) is 0 Å². The Morgan fingerprint density at radius 2 is 1.36 bits per heavy atom. The largest absolute Gasteiger partial charge is 0.316 e. The van der Waals surface area contributed by atoms with Crippen molar-refractivity contribution in [1.29, 1.82) is 0 Å². The highest BCUT2D eigenvalue weighted by Crippen LogP contribution is 2.33. The summed E-state index contributed by atoms with van der Waals surface area (Å²) in [6.45, 7) is 13.6. The third-order valence-corrected chi connectivity index (χ3v) is 8.25. The Kier molecular flexibility index (Phi) is 5.29. The number of hydrogen-bond acceptors (Lipinski definition) is 3. The van der Waals surface area contributed by atoms with Gasteiger partial charge in [-0.1, -0.05) is 34.6 Å². The fourth-order valence-electron chi connectivity index (χ4n) is 2.36. The van der Waals surface area contributed by atoms with Crippen LogP contribution >= 0.6 is 0 Å². The van der Waals surface area contributed by atoms with E-state index in [1.165, 1.54) is 0 Å². The van der Waals surface area contributed by atoms with E-state index in [0.717, 1.165) is 13.1 Å². The molecule has 86 valence electrons. The minimum absolute atomic E-state index is 0.280. The van der Waals surface area contributed by atoms with Crippen LogP contribution in [0.5, 0.6) is 0 Å². The molecule has 0 unspecified atom stereocenters. The summed E-state index contributed by atoms with van der Waals surface area (Å²) in [4.78, 5) is 7.12. The first-order valence-electron chi connectivity index (χ1n) is 5.52. The summed E-state index contributed by atoms with van der Waals surface area (Å²) >= 11 is 0. The van der Waals surface area contributed by atoms with Gasteiger partial charge in [0.05, 0.1) is 0 Å². The van der Waals surface area contributed by atoms with Crippen LogP contribution in [0.4, 0.5) is 0 Å². The molecule has 0 heterocycles. The maximum absolute atomic E-state index is 3.56. The number of nitrogens with one attached hydrogen (secondary N) is 2. The first-order valence-corrected chi connectivity index (χ1v) is 7.47. The highest BCUT2D eigenvalue weighted by atomic mass is 28.4. The number of hydrogen-bond donors (Lipinski definition) is 2. The minimum Gasteiger partial charge on any atom is -0.316 e. The van der Waals surface area contributed by atoms with Gasteiger partial charge in [-0.25, -0.2) is 0 Å². The van der Waals surface area contributed by atoms with Crippen LogP contribution in [-0.4, -0.2) is 40.3 Å². The summed E-state index contributed by atoms with van der Waals surface area (Å²) in [6, 6.07) is 0. The van der Waals surface area contributed by atoms with E-state index in [4.69, 9.17) is 0 Å². The second-order valence-corrected chi connectivity index (χ2v) is 9.19. The summed E-state index contributed by atoms with van der Waals surface area (Å²) in [5.41, 5.74) is 0. The van der Waals surface area contributed by atoms with Gasteiger partial charge in [0.2, 0.25) is 0 Å². The molecule has 0 aromatic rings.